The molecule has 0 aromatic carbocycles. The molecule has 0 bridgehead atoms. The molecule has 3 heteroatoms. The minimum Gasteiger partial charge on any atom is -0.376 e. The summed E-state index contributed by atoms with van der Waals surface area (Å²) in [5, 5.41) is 9.66. The number of nitrogens with zero attached hydrogens (tertiary/aromatic N) is 1. The molecule has 0 aromatic heterocycles. The lowest BCUT2D eigenvalue weighted by molar-refractivity contribution is -0.135. The summed E-state index contributed by atoms with van der Waals surface area (Å²) in [4.78, 5) is 14.1. The molecular weight excluding hydrogens is 274 g/mol. The quantitative estimate of drug-likeness (QED) is 0.320. The Labute approximate surface area is 134 Å². The van der Waals surface area contributed by atoms with Crippen molar-refractivity contribution in [3.05, 3.63) is 60.8 Å². The molecule has 1 rings (SSSR count). The summed E-state index contributed by atoms with van der Waals surface area (Å²) in [7, 11) is 0. The Morgan fingerprint density at radius 1 is 1.27 bits per heavy atom. The lowest BCUT2D eigenvalue weighted by atomic mass is 9.90. The molecule has 3 nitrogen and oxygen atoms in total. The van der Waals surface area contributed by atoms with Crippen LogP contribution in [0.2, 0.25) is 0 Å². The van der Waals surface area contributed by atoms with Crippen LogP contribution in [-0.4, -0.2) is 28.2 Å². The molecule has 0 aromatic rings. The van der Waals surface area contributed by atoms with E-state index in [1.54, 1.807) is 0 Å². The lowest BCUT2D eigenvalue weighted by Gasteiger charge is -2.39. The van der Waals surface area contributed by atoms with Crippen LogP contribution in [0.15, 0.2) is 60.8 Å². The first kappa shape index (κ1) is 18.2. The number of aliphatic hydroxyl groups is 1. The molecule has 22 heavy (non-hydrogen) atoms. The van der Waals surface area contributed by atoms with Crippen molar-refractivity contribution < 1.29 is 9.90 Å². The summed E-state index contributed by atoms with van der Waals surface area (Å²) in [5.74, 6) is -0.267. The zero-order chi connectivity index (χ0) is 16.8. The lowest BCUT2D eigenvalue weighted by Crippen LogP contribution is -2.49. The Bertz CT molecular complexity index is 528. The van der Waals surface area contributed by atoms with Crippen LogP contribution in [0.25, 0.3) is 0 Å². The van der Waals surface area contributed by atoms with Crippen molar-refractivity contribution >= 4 is 5.91 Å². The predicted molar refractivity (Wildman–Crippen MR) is 92.2 cm³/mol. The Kier molecular flexibility index (Phi) is 6.57. The number of rotatable bonds is 8. The van der Waals surface area contributed by atoms with Crippen molar-refractivity contribution in [2.45, 2.75) is 45.1 Å². The van der Waals surface area contributed by atoms with E-state index in [-0.39, 0.29) is 12.6 Å². The van der Waals surface area contributed by atoms with Gasteiger partial charge in [-0.25, -0.2) is 0 Å². The van der Waals surface area contributed by atoms with Gasteiger partial charge in [-0.2, -0.15) is 0 Å². The SMILES string of the molecule is C=C(CC)CCC(=C)C(=C)C(=O)N(CO)C1(C)C=CC=CC1. The summed E-state index contributed by atoms with van der Waals surface area (Å²) < 4.78 is 0. The fourth-order valence-electron chi connectivity index (χ4n) is 2.34. The van der Waals surface area contributed by atoms with E-state index in [4.69, 9.17) is 0 Å². The van der Waals surface area contributed by atoms with Gasteiger partial charge in [0.1, 0.15) is 6.73 Å². The van der Waals surface area contributed by atoms with Gasteiger partial charge in [0.2, 0.25) is 0 Å². The third kappa shape index (κ3) is 4.31. The molecule has 120 valence electrons. The summed E-state index contributed by atoms with van der Waals surface area (Å²) in [5.41, 5.74) is 1.67. The third-order valence-electron chi connectivity index (χ3n) is 4.20. The van der Waals surface area contributed by atoms with Gasteiger partial charge < -0.3 is 10.0 Å². The first-order valence-electron chi connectivity index (χ1n) is 7.66. The molecule has 0 heterocycles. The summed E-state index contributed by atoms with van der Waals surface area (Å²) in [6, 6.07) is 0. The Hall–Kier alpha value is -1.87. The standard InChI is InChI=1S/C19H27NO2/c1-6-15(2)10-11-16(3)17(4)18(22)20(14-21)19(5)12-8-7-9-13-19/h7-9,12,21H,2-4,6,10-11,13-14H2,1,5H3. The molecule has 1 atom stereocenters. The Balaban J connectivity index is 2.77. The van der Waals surface area contributed by atoms with Gasteiger partial charge in [0.25, 0.3) is 5.91 Å². The second-order valence-corrected chi connectivity index (χ2v) is 5.91. The molecule has 0 spiro atoms. The van der Waals surface area contributed by atoms with Crippen LogP contribution >= 0.6 is 0 Å². The van der Waals surface area contributed by atoms with Crippen LogP contribution in [0, 0.1) is 0 Å². The normalized spacial score (nSPS) is 19.8. The van der Waals surface area contributed by atoms with Crippen LogP contribution in [0.1, 0.15) is 39.5 Å². The molecule has 1 N–H and O–H groups in total. The monoisotopic (exact) mass is 301 g/mol. The smallest absolute Gasteiger partial charge is 0.256 e. The van der Waals surface area contributed by atoms with Crippen molar-refractivity contribution in [1.29, 1.82) is 0 Å². The Morgan fingerprint density at radius 3 is 2.45 bits per heavy atom. The molecule has 1 unspecified atom stereocenters. The van der Waals surface area contributed by atoms with E-state index in [1.165, 1.54) is 4.90 Å². The van der Waals surface area contributed by atoms with E-state index in [1.807, 2.05) is 31.2 Å². The van der Waals surface area contributed by atoms with Gasteiger partial charge >= 0.3 is 0 Å². The summed E-state index contributed by atoms with van der Waals surface area (Å²) in [6.07, 6.45) is 10.8. The summed E-state index contributed by atoms with van der Waals surface area (Å²) in [6.45, 7) is 15.4. The number of allylic oxidation sites excluding steroid dienone is 3. The van der Waals surface area contributed by atoms with E-state index in [2.05, 4.69) is 26.7 Å². The fraction of sp³-hybridized carbons (Fsp3) is 0.421. The first-order chi connectivity index (χ1) is 10.4. The van der Waals surface area contributed by atoms with Crippen molar-refractivity contribution in [2.24, 2.45) is 0 Å². The van der Waals surface area contributed by atoms with Crippen LogP contribution in [-0.2, 0) is 4.79 Å². The van der Waals surface area contributed by atoms with E-state index < -0.39 is 5.54 Å². The van der Waals surface area contributed by atoms with E-state index >= 15 is 0 Å². The maximum absolute atomic E-state index is 12.7. The highest BCUT2D eigenvalue weighted by molar-refractivity contribution is 5.97. The average molecular weight is 301 g/mol. The van der Waals surface area contributed by atoms with Crippen LogP contribution in [0.4, 0.5) is 0 Å². The highest BCUT2D eigenvalue weighted by Crippen LogP contribution is 2.28. The summed E-state index contributed by atoms with van der Waals surface area (Å²) >= 11 is 0. The maximum atomic E-state index is 12.7. The van der Waals surface area contributed by atoms with Crippen LogP contribution in [0.5, 0.6) is 0 Å². The van der Waals surface area contributed by atoms with Crippen molar-refractivity contribution in [3.63, 3.8) is 0 Å². The van der Waals surface area contributed by atoms with Crippen LogP contribution in [0.3, 0.4) is 0 Å². The van der Waals surface area contributed by atoms with E-state index in [0.717, 1.165) is 18.4 Å². The Morgan fingerprint density at radius 2 is 1.95 bits per heavy atom. The van der Waals surface area contributed by atoms with Gasteiger partial charge in [-0.15, -0.1) is 0 Å². The minimum atomic E-state index is -0.531. The van der Waals surface area contributed by atoms with Gasteiger partial charge in [0.05, 0.1) is 5.54 Å². The number of carbonyl (C=O) groups is 1. The first-order valence-corrected chi connectivity index (χ1v) is 7.66. The molecule has 0 fully saturated rings. The maximum Gasteiger partial charge on any atom is 0.256 e. The minimum absolute atomic E-state index is 0.267. The van der Waals surface area contributed by atoms with E-state index in [9.17, 15) is 9.90 Å². The largest absolute Gasteiger partial charge is 0.376 e. The molecular formula is C19H27NO2. The van der Waals surface area contributed by atoms with E-state index in [0.29, 0.717) is 24.0 Å². The van der Waals surface area contributed by atoms with Gasteiger partial charge in [0, 0.05) is 5.57 Å². The molecule has 1 aliphatic rings. The molecule has 1 aliphatic carbocycles. The second-order valence-electron chi connectivity index (χ2n) is 5.91. The number of carbonyl (C=O) groups excluding carboxylic acids is 1. The highest BCUT2D eigenvalue weighted by atomic mass is 16.3. The molecule has 0 saturated carbocycles. The van der Waals surface area contributed by atoms with Gasteiger partial charge in [-0.05, 0) is 38.2 Å². The van der Waals surface area contributed by atoms with Gasteiger partial charge in [-0.3, -0.25) is 4.79 Å². The zero-order valence-corrected chi connectivity index (χ0v) is 13.8. The fourth-order valence-corrected chi connectivity index (χ4v) is 2.34. The van der Waals surface area contributed by atoms with Gasteiger partial charge in [-0.1, -0.05) is 56.5 Å². The number of aliphatic hydroxyl groups excluding tert-OH is 1. The molecule has 0 radical (unpaired) electrons. The number of hydrogen-bond acceptors (Lipinski definition) is 2. The van der Waals surface area contributed by atoms with Crippen LogP contribution < -0.4 is 0 Å². The zero-order valence-electron chi connectivity index (χ0n) is 13.8. The average Bonchev–Trinajstić information content (AvgIpc) is 2.52. The predicted octanol–water partition coefficient (Wildman–Crippen LogP) is 3.90. The van der Waals surface area contributed by atoms with Gasteiger partial charge in [0.15, 0.2) is 0 Å². The number of hydrogen-bond donors (Lipinski definition) is 1. The van der Waals surface area contributed by atoms with Crippen molar-refractivity contribution in [1.82, 2.24) is 4.90 Å². The number of amides is 1. The van der Waals surface area contributed by atoms with Crippen molar-refractivity contribution in [2.75, 3.05) is 6.73 Å². The second kappa shape index (κ2) is 7.95. The highest BCUT2D eigenvalue weighted by Gasteiger charge is 2.33. The topological polar surface area (TPSA) is 40.5 Å². The third-order valence-corrected chi connectivity index (χ3v) is 4.20. The molecule has 0 saturated heterocycles. The molecule has 1 amide bonds. The van der Waals surface area contributed by atoms with Crippen molar-refractivity contribution in [3.8, 4) is 0 Å². The molecule has 0 aliphatic heterocycles.